The number of nitrogens with zero attached hydrogens (tertiary/aromatic N) is 1. The van der Waals surface area contributed by atoms with Crippen LogP contribution in [0.5, 0.6) is 5.75 Å². The second kappa shape index (κ2) is 8.99. The number of benzene rings is 3. The Morgan fingerprint density at radius 3 is 2.41 bits per heavy atom. The first-order chi connectivity index (χ1) is 13.1. The summed E-state index contributed by atoms with van der Waals surface area (Å²) in [5.74, 6) is 0.827. The molecule has 0 aliphatic rings. The van der Waals surface area contributed by atoms with Crippen LogP contribution in [0.4, 0.5) is 0 Å². The first-order valence-corrected chi connectivity index (χ1v) is 9.14. The van der Waals surface area contributed by atoms with Crippen LogP contribution in [0.3, 0.4) is 0 Å². The number of hydrogen-bond acceptors (Lipinski definition) is 3. The number of hydrogen-bond donors (Lipinski definition) is 1. The molecule has 0 unspecified atom stereocenters. The van der Waals surface area contributed by atoms with Crippen molar-refractivity contribution in [2.45, 2.75) is 20.3 Å². The molecule has 0 bridgehead atoms. The summed E-state index contributed by atoms with van der Waals surface area (Å²) in [6.45, 7) is 4.18. The third-order valence-corrected chi connectivity index (χ3v) is 4.12. The van der Waals surface area contributed by atoms with Crippen molar-refractivity contribution >= 4 is 22.4 Å². The van der Waals surface area contributed by atoms with Crippen molar-refractivity contribution in [3.63, 3.8) is 0 Å². The summed E-state index contributed by atoms with van der Waals surface area (Å²) in [6, 6.07) is 23.7. The van der Waals surface area contributed by atoms with E-state index < -0.39 is 0 Å². The lowest BCUT2D eigenvalue weighted by molar-refractivity contribution is -0.123. The summed E-state index contributed by atoms with van der Waals surface area (Å²) in [7, 11) is 0. The van der Waals surface area contributed by atoms with Gasteiger partial charge in [-0.15, -0.1) is 0 Å². The summed E-state index contributed by atoms with van der Waals surface area (Å²) < 4.78 is 5.61. The molecule has 0 aromatic heterocycles. The average Bonchev–Trinajstić information content (AvgIpc) is 2.69. The Hall–Kier alpha value is -3.14. The molecule has 0 aliphatic carbocycles. The van der Waals surface area contributed by atoms with Crippen molar-refractivity contribution in [3.8, 4) is 5.75 Å². The van der Waals surface area contributed by atoms with E-state index in [-0.39, 0.29) is 12.5 Å². The van der Waals surface area contributed by atoms with Crippen LogP contribution in [0.2, 0.25) is 0 Å². The van der Waals surface area contributed by atoms with Gasteiger partial charge in [0.1, 0.15) is 5.75 Å². The summed E-state index contributed by atoms with van der Waals surface area (Å²) in [6.07, 6.45) is 0.788. The standard InChI is InChI=1S/C23H24N2O2/c1-17(2)14-22(19-9-4-3-5-10-19)24-25-23(26)16-27-21-13-12-18-8-6-7-11-20(18)15-21/h3-13,15,17H,14,16H2,1-2H3,(H,25,26)/b24-22+. The molecule has 4 nitrogen and oxygen atoms in total. The van der Waals surface area contributed by atoms with Gasteiger partial charge in [0.15, 0.2) is 6.61 Å². The predicted molar refractivity (Wildman–Crippen MR) is 110 cm³/mol. The fourth-order valence-electron chi connectivity index (χ4n) is 2.81. The fraction of sp³-hybridized carbons (Fsp3) is 0.217. The van der Waals surface area contributed by atoms with Gasteiger partial charge in [-0.05, 0) is 40.8 Å². The van der Waals surface area contributed by atoms with Gasteiger partial charge in [-0.1, -0.05) is 74.5 Å². The largest absolute Gasteiger partial charge is 0.484 e. The zero-order valence-electron chi connectivity index (χ0n) is 15.7. The van der Waals surface area contributed by atoms with Crippen LogP contribution >= 0.6 is 0 Å². The van der Waals surface area contributed by atoms with Gasteiger partial charge in [-0.2, -0.15) is 5.10 Å². The predicted octanol–water partition coefficient (Wildman–Crippen LogP) is 4.79. The fourth-order valence-corrected chi connectivity index (χ4v) is 2.81. The Morgan fingerprint density at radius 1 is 0.963 bits per heavy atom. The number of nitrogens with one attached hydrogen (secondary N) is 1. The quantitative estimate of drug-likeness (QED) is 0.487. The number of carbonyl (C=O) groups is 1. The highest BCUT2D eigenvalue weighted by Gasteiger charge is 2.08. The van der Waals surface area contributed by atoms with Gasteiger partial charge in [0, 0.05) is 0 Å². The maximum absolute atomic E-state index is 12.2. The Bertz CT molecular complexity index is 933. The van der Waals surface area contributed by atoms with Crippen LogP contribution in [-0.4, -0.2) is 18.2 Å². The van der Waals surface area contributed by atoms with Crippen molar-refractivity contribution in [2.24, 2.45) is 11.0 Å². The minimum absolute atomic E-state index is 0.0778. The Kier molecular flexibility index (Phi) is 6.21. The molecule has 0 aliphatic heterocycles. The molecular weight excluding hydrogens is 336 g/mol. The number of hydrazone groups is 1. The lowest BCUT2D eigenvalue weighted by Gasteiger charge is -2.10. The first kappa shape index (κ1) is 18.6. The third-order valence-electron chi connectivity index (χ3n) is 4.12. The average molecular weight is 360 g/mol. The Morgan fingerprint density at radius 2 is 1.67 bits per heavy atom. The maximum atomic E-state index is 12.2. The molecule has 27 heavy (non-hydrogen) atoms. The topological polar surface area (TPSA) is 50.7 Å². The van der Waals surface area contributed by atoms with Crippen LogP contribution in [0.15, 0.2) is 77.9 Å². The van der Waals surface area contributed by atoms with Crippen LogP contribution in [-0.2, 0) is 4.79 Å². The van der Waals surface area contributed by atoms with Crippen molar-refractivity contribution < 1.29 is 9.53 Å². The summed E-state index contributed by atoms with van der Waals surface area (Å²) in [5, 5.41) is 6.55. The normalized spacial score (nSPS) is 11.6. The van der Waals surface area contributed by atoms with E-state index in [4.69, 9.17) is 4.74 Å². The molecule has 3 rings (SSSR count). The number of fused-ring (bicyclic) bond motifs is 1. The molecule has 0 spiro atoms. The molecule has 0 radical (unpaired) electrons. The molecule has 4 heteroatoms. The molecule has 138 valence electrons. The van der Waals surface area contributed by atoms with Gasteiger partial charge in [0.2, 0.25) is 0 Å². The molecule has 1 N–H and O–H groups in total. The zero-order valence-corrected chi connectivity index (χ0v) is 15.7. The lowest BCUT2D eigenvalue weighted by atomic mass is 10.0. The molecule has 0 saturated carbocycles. The molecule has 1 amide bonds. The molecule has 0 heterocycles. The lowest BCUT2D eigenvalue weighted by Crippen LogP contribution is -2.26. The van der Waals surface area contributed by atoms with E-state index in [1.165, 1.54) is 0 Å². The summed E-state index contributed by atoms with van der Waals surface area (Å²) in [5.41, 5.74) is 4.50. The number of rotatable bonds is 7. The first-order valence-electron chi connectivity index (χ1n) is 9.14. The molecule has 3 aromatic rings. The zero-order chi connectivity index (χ0) is 19.1. The SMILES string of the molecule is CC(C)C/C(=N\NC(=O)COc1ccc2ccccc2c1)c1ccccc1. The van der Waals surface area contributed by atoms with Gasteiger partial charge in [-0.3, -0.25) is 4.79 Å². The summed E-state index contributed by atoms with van der Waals surface area (Å²) in [4.78, 5) is 12.2. The van der Waals surface area contributed by atoms with E-state index >= 15 is 0 Å². The highest BCUT2D eigenvalue weighted by atomic mass is 16.5. The Balaban J connectivity index is 1.62. The number of carbonyl (C=O) groups excluding carboxylic acids is 1. The van der Waals surface area contributed by atoms with Crippen LogP contribution in [0.1, 0.15) is 25.8 Å². The van der Waals surface area contributed by atoms with E-state index in [9.17, 15) is 4.79 Å². The minimum atomic E-state index is -0.277. The highest BCUT2D eigenvalue weighted by molar-refractivity contribution is 6.01. The van der Waals surface area contributed by atoms with Gasteiger partial charge >= 0.3 is 0 Å². The van der Waals surface area contributed by atoms with Gasteiger partial charge in [0.05, 0.1) is 5.71 Å². The third kappa shape index (κ3) is 5.42. The number of amides is 1. The van der Waals surface area contributed by atoms with Gasteiger partial charge in [-0.25, -0.2) is 5.43 Å². The molecular formula is C23H24N2O2. The molecule has 0 fully saturated rings. The van der Waals surface area contributed by atoms with Crippen LogP contribution in [0.25, 0.3) is 10.8 Å². The van der Waals surface area contributed by atoms with E-state index in [1.54, 1.807) is 0 Å². The van der Waals surface area contributed by atoms with Crippen LogP contribution in [0, 0.1) is 5.92 Å². The number of ether oxygens (including phenoxy) is 1. The second-order valence-electron chi connectivity index (χ2n) is 6.86. The molecule has 3 aromatic carbocycles. The van der Waals surface area contributed by atoms with Crippen LogP contribution < -0.4 is 10.2 Å². The highest BCUT2D eigenvalue weighted by Crippen LogP contribution is 2.20. The monoisotopic (exact) mass is 360 g/mol. The van der Waals surface area contributed by atoms with Gasteiger partial charge in [0.25, 0.3) is 5.91 Å². The van der Waals surface area contributed by atoms with E-state index in [0.717, 1.165) is 28.5 Å². The van der Waals surface area contributed by atoms with Gasteiger partial charge < -0.3 is 4.74 Å². The maximum Gasteiger partial charge on any atom is 0.277 e. The molecule has 0 saturated heterocycles. The summed E-state index contributed by atoms with van der Waals surface area (Å²) >= 11 is 0. The smallest absolute Gasteiger partial charge is 0.277 e. The second-order valence-corrected chi connectivity index (χ2v) is 6.86. The van der Waals surface area contributed by atoms with E-state index in [0.29, 0.717) is 11.7 Å². The van der Waals surface area contributed by atoms with Crippen molar-refractivity contribution in [2.75, 3.05) is 6.61 Å². The van der Waals surface area contributed by atoms with E-state index in [2.05, 4.69) is 24.4 Å². The Labute approximate surface area is 159 Å². The minimum Gasteiger partial charge on any atom is -0.484 e. The van der Waals surface area contributed by atoms with E-state index in [1.807, 2.05) is 72.8 Å². The van der Waals surface area contributed by atoms with Crippen molar-refractivity contribution in [1.29, 1.82) is 0 Å². The molecule has 0 atom stereocenters. The van der Waals surface area contributed by atoms with Crippen molar-refractivity contribution in [3.05, 3.63) is 78.4 Å². The van der Waals surface area contributed by atoms with Crippen molar-refractivity contribution in [1.82, 2.24) is 5.43 Å².